The van der Waals surface area contributed by atoms with E-state index in [9.17, 15) is 4.79 Å². The van der Waals surface area contributed by atoms with Crippen molar-refractivity contribution >= 4 is 29.2 Å². The number of hydrogen-bond donors (Lipinski definition) is 1. The molecule has 0 unspecified atom stereocenters. The number of anilines is 1. The summed E-state index contributed by atoms with van der Waals surface area (Å²) in [6, 6.07) is 17.4. The van der Waals surface area contributed by atoms with Crippen molar-refractivity contribution in [2.24, 2.45) is 7.05 Å². The third kappa shape index (κ3) is 4.55. The minimum absolute atomic E-state index is 0.0937. The lowest BCUT2D eigenvalue weighted by atomic mass is 9.99. The molecule has 0 spiro atoms. The van der Waals surface area contributed by atoms with Crippen LogP contribution in [0.4, 0.5) is 5.95 Å². The van der Waals surface area contributed by atoms with Crippen LogP contribution in [0, 0.1) is 0 Å². The SMILES string of the molecule is Cn1c(N2CCN[C@@H](c3ccc(-c4ccc(Cl)c(Cl)c4)cc3)C2)nc(-c2ccncn2)cc1=O. The van der Waals surface area contributed by atoms with Crippen molar-refractivity contribution in [3.8, 4) is 22.5 Å². The summed E-state index contributed by atoms with van der Waals surface area (Å²) in [5, 5.41) is 4.65. The number of aromatic nitrogens is 4. The summed E-state index contributed by atoms with van der Waals surface area (Å²) in [6.07, 6.45) is 3.10. The predicted molar refractivity (Wildman–Crippen MR) is 135 cm³/mol. The van der Waals surface area contributed by atoms with Crippen LogP contribution in [-0.4, -0.2) is 39.2 Å². The van der Waals surface area contributed by atoms with Gasteiger partial charge in [0.1, 0.15) is 6.33 Å². The smallest absolute Gasteiger partial charge is 0.255 e. The molecule has 2 aromatic heterocycles. The first kappa shape index (κ1) is 22.5. The molecular formula is C25H22Cl2N6O. The highest BCUT2D eigenvalue weighted by Crippen LogP contribution is 2.30. The lowest BCUT2D eigenvalue weighted by Gasteiger charge is -2.35. The van der Waals surface area contributed by atoms with Crippen molar-refractivity contribution < 1.29 is 0 Å². The second kappa shape index (κ2) is 9.54. The summed E-state index contributed by atoms with van der Waals surface area (Å²) < 4.78 is 1.58. The maximum Gasteiger partial charge on any atom is 0.255 e. The van der Waals surface area contributed by atoms with Crippen molar-refractivity contribution in [3.05, 3.63) is 93.1 Å². The molecule has 9 heteroatoms. The van der Waals surface area contributed by atoms with Gasteiger partial charge in [0.2, 0.25) is 5.95 Å². The normalized spacial score (nSPS) is 16.0. The zero-order chi connectivity index (χ0) is 23.7. The fourth-order valence-electron chi connectivity index (χ4n) is 4.12. The van der Waals surface area contributed by atoms with Crippen LogP contribution >= 0.6 is 23.2 Å². The van der Waals surface area contributed by atoms with Crippen molar-refractivity contribution in [2.75, 3.05) is 24.5 Å². The largest absolute Gasteiger partial charge is 0.339 e. The molecule has 4 aromatic rings. The molecule has 1 N–H and O–H groups in total. The molecule has 5 rings (SSSR count). The van der Waals surface area contributed by atoms with Crippen LogP contribution in [0.25, 0.3) is 22.5 Å². The maximum absolute atomic E-state index is 12.7. The standard InChI is InChI=1S/C25H22Cl2N6O/c1-32-24(34)13-22(21-8-9-28-15-30-21)31-25(32)33-11-10-29-23(14-33)17-4-2-16(3-5-17)18-6-7-19(26)20(27)12-18/h2-9,12-13,15,23,29H,10-11,14H2,1H3/t23-/m1/s1. The van der Waals surface area contributed by atoms with Gasteiger partial charge in [0, 0.05) is 45.0 Å². The van der Waals surface area contributed by atoms with E-state index in [1.807, 2.05) is 12.1 Å². The van der Waals surface area contributed by atoms with E-state index in [4.69, 9.17) is 28.2 Å². The summed E-state index contributed by atoms with van der Waals surface area (Å²) in [7, 11) is 1.75. The Kier molecular flexibility index (Phi) is 6.32. The third-order valence-electron chi connectivity index (χ3n) is 5.98. The molecule has 1 saturated heterocycles. The van der Waals surface area contributed by atoms with Gasteiger partial charge in [-0.3, -0.25) is 9.36 Å². The van der Waals surface area contributed by atoms with E-state index >= 15 is 0 Å². The maximum atomic E-state index is 12.7. The summed E-state index contributed by atoms with van der Waals surface area (Å²) in [5.41, 5.74) is 4.28. The van der Waals surface area contributed by atoms with Gasteiger partial charge in [-0.1, -0.05) is 53.5 Å². The van der Waals surface area contributed by atoms with Crippen LogP contribution < -0.4 is 15.8 Å². The third-order valence-corrected chi connectivity index (χ3v) is 6.72. The monoisotopic (exact) mass is 492 g/mol. The Bertz CT molecular complexity index is 1370. The van der Waals surface area contributed by atoms with Crippen molar-refractivity contribution in [1.29, 1.82) is 0 Å². The van der Waals surface area contributed by atoms with E-state index in [1.165, 1.54) is 12.4 Å². The molecular weight excluding hydrogens is 471 g/mol. The predicted octanol–water partition coefficient (Wildman–Crippen LogP) is 4.36. The number of benzene rings is 2. The van der Waals surface area contributed by atoms with Crippen LogP contribution in [0.2, 0.25) is 10.0 Å². The zero-order valence-electron chi connectivity index (χ0n) is 18.4. The van der Waals surface area contributed by atoms with Gasteiger partial charge in [-0.25, -0.2) is 15.0 Å². The molecule has 0 radical (unpaired) electrons. The average Bonchev–Trinajstić information content (AvgIpc) is 2.88. The zero-order valence-corrected chi connectivity index (χ0v) is 20.0. The summed E-state index contributed by atoms with van der Waals surface area (Å²) in [5.74, 6) is 0.625. The van der Waals surface area contributed by atoms with Gasteiger partial charge in [0.05, 0.1) is 21.4 Å². The summed E-state index contributed by atoms with van der Waals surface area (Å²) in [4.78, 5) is 27.8. The van der Waals surface area contributed by atoms with Crippen molar-refractivity contribution in [2.45, 2.75) is 6.04 Å². The molecule has 172 valence electrons. The first-order valence-corrected chi connectivity index (χ1v) is 11.6. The lowest BCUT2D eigenvalue weighted by molar-refractivity contribution is 0.462. The summed E-state index contributed by atoms with van der Waals surface area (Å²) >= 11 is 12.2. The van der Waals surface area contributed by atoms with Gasteiger partial charge < -0.3 is 10.2 Å². The molecule has 1 atom stereocenters. The van der Waals surface area contributed by atoms with Gasteiger partial charge in [-0.15, -0.1) is 0 Å². The van der Waals surface area contributed by atoms with Crippen LogP contribution in [0.5, 0.6) is 0 Å². The molecule has 0 bridgehead atoms. The molecule has 1 aliphatic heterocycles. The number of hydrogen-bond acceptors (Lipinski definition) is 6. The Morgan fingerprint density at radius 2 is 1.76 bits per heavy atom. The van der Waals surface area contributed by atoms with Crippen LogP contribution in [0.1, 0.15) is 11.6 Å². The number of halogens is 2. The molecule has 3 heterocycles. The molecule has 1 fully saturated rings. The number of nitrogens with zero attached hydrogens (tertiary/aromatic N) is 5. The Balaban J connectivity index is 1.40. The Labute approximate surface area is 207 Å². The highest BCUT2D eigenvalue weighted by atomic mass is 35.5. The van der Waals surface area contributed by atoms with Gasteiger partial charge in [-0.05, 0) is 34.9 Å². The molecule has 2 aromatic carbocycles. The van der Waals surface area contributed by atoms with E-state index in [0.717, 1.165) is 29.8 Å². The van der Waals surface area contributed by atoms with Gasteiger partial charge in [0.25, 0.3) is 5.56 Å². The molecule has 0 amide bonds. The van der Waals surface area contributed by atoms with Crippen molar-refractivity contribution in [3.63, 3.8) is 0 Å². The number of rotatable bonds is 4. The molecule has 0 saturated carbocycles. The quantitative estimate of drug-likeness (QED) is 0.456. The van der Waals surface area contributed by atoms with Gasteiger partial charge in [0.15, 0.2) is 0 Å². The molecule has 7 nitrogen and oxygen atoms in total. The minimum Gasteiger partial charge on any atom is -0.339 e. The van der Waals surface area contributed by atoms with Gasteiger partial charge >= 0.3 is 0 Å². The first-order chi connectivity index (χ1) is 16.5. The van der Waals surface area contributed by atoms with E-state index in [2.05, 4.69) is 44.5 Å². The second-order valence-electron chi connectivity index (χ2n) is 8.14. The van der Waals surface area contributed by atoms with E-state index in [0.29, 0.717) is 33.9 Å². The Hall–Kier alpha value is -3.26. The topological polar surface area (TPSA) is 75.9 Å². The highest BCUT2D eigenvalue weighted by Gasteiger charge is 2.24. The van der Waals surface area contributed by atoms with E-state index in [1.54, 1.807) is 29.9 Å². The highest BCUT2D eigenvalue weighted by molar-refractivity contribution is 6.42. The van der Waals surface area contributed by atoms with Gasteiger partial charge in [-0.2, -0.15) is 0 Å². The number of piperazine rings is 1. The minimum atomic E-state index is -0.125. The Morgan fingerprint density at radius 3 is 2.50 bits per heavy atom. The van der Waals surface area contributed by atoms with Crippen LogP contribution in [0.15, 0.2) is 71.9 Å². The molecule has 34 heavy (non-hydrogen) atoms. The van der Waals surface area contributed by atoms with Crippen LogP contribution in [-0.2, 0) is 7.05 Å². The average molecular weight is 493 g/mol. The fraction of sp³-hybridized carbons (Fsp3) is 0.200. The first-order valence-electron chi connectivity index (χ1n) is 10.9. The van der Waals surface area contributed by atoms with Crippen molar-refractivity contribution in [1.82, 2.24) is 24.8 Å². The second-order valence-corrected chi connectivity index (χ2v) is 8.95. The van der Waals surface area contributed by atoms with E-state index < -0.39 is 0 Å². The number of nitrogens with one attached hydrogen (secondary N) is 1. The lowest BCUT2D eigenvalue weighted by Crippen LogP contribution is -2.47. The molecule has 0 aliphatic carbocycles. The van der Waals surface area contributed by atoms with Crippen LogP contribution in [0.3, 0.4) is 0 Å². The Morgan fingerprint density at radius 1 is 0.971 bits per heavy atom. The summed E-state index contributed by atoms with van der Waals surface area (Å²) in [6.45, 7) is 2.19. The van der Waals surface area contributed by atoms with E-state index in [-0.39, 0.29) is 11.6 Å². The fourth-order valence-corrected chi connectivity index (χ4v) is 4.42. The molecule has 1 aliphatic rings.